The van der Waals surface area contributed by atoms with E-state index in [9.17, 15) is 9.90 Å². The molecule has 1 aliphatic carbocycles. The highest BCUT2D eigenvalue weighted by atomic mass is 16.4. The van der Waals surface area contributed by atoms with Crippen LogP contribution in [0.5, 0.6) is 0 Å². The van der Waals surface area contributed by atoms with Crippen molar-refractivity contribution in [1.29, 1.82) is 0 Å². The van der Waals surface area contributed by atoms with Crippen molar-refractivity contribution in [3.8, 4) is 0 Å². The van der Waals surface area contributed by atoms with Gasteiger partial charge in [-0.25, -0.2) is 9.78 Å². The fraction of sp³-hybridized carbons (Fsp3) is 0.500. The number of carboxylic acid groups (broad SMARTS) is 1. The van der Waals surface area contributed by atoms with Gasteiger partial charge in [-0.2, -0.15) is 0 Å². The molecule has 2 unspecified atom stereocenters. The summed E-state index contributed by atoms with van der Waals surface area (Å²) in [4.78, 5) is 15.8. The smallest absolute Gasteiger partial charge is 0.335 e. The quantitative estimate of drug-likeness (QED) is 0.906. The van der Waals surface area contributed by atoms with Crippen molar-refractivity contribution in [3.63, 3.8) is 0 Å². The van der Waals surface area contributed by atoms with Crippen LogP contribution in [0.1, 0.15) is 42.4 Å². The minimum absolute atomic E-state index is 0.190. The summed E-state index contributed by atoms with van der Waals surface area (Å²) in [5.74, 6) is 0.504. The average molecular weight is 288 g/mol. The molecule has 1 aromatic carbocycles. The molecular weight excluding hydrogens is 268 g/mol. The molecule has 21 heavy (non-hydrogen) atoms. The second-order valence-corrected chi connectivity index (χ2v) is 5.83. The minimum Gasteiger partial charge on any atom is -0.478 e. The van der Waals surface area contributed by atoms with Crippen molar-refractivity contribution in [2.45, 2.75) is 45.3 Å². The van der Waals surface area contributed by atoms with Crippen LogP contribution >= 0.6 is 0 Å². The maximum absolute atomic E-state index is 11.2. The molecule has 1 saturated carbocycles. The fourth-order valence-corrected chi connectivity index (χ4v) is 3.25. The molecule has 5 nitrogen and oxygen atoms in total. The summed E-state index contributed by atoms with van der Waals surface area (Å²) in [6.07, 6.45) is 3.32. The number of hydrogen-bond donors (Lipinski definition) is 2. The third-order valence-electron chi connectivity index (χ3n) is 4.34. The maximum Gasteiger partial charge on any atom is 0.335 e. The molecule has 1 fully saturated rings. The third-order valence-corrected chi connectivity index (χ3v) is 4.34. The summed E-state index contributed by atoms with van der Waals surface area (Å²) in [7, 11) is 0. The van der Waals surface area contributed by atoms with E-state index in [1.807, 2.05) is 0 Å². The lowest BCUT2D eigenvalue weighted by atomic mass is 10.1. The molecular formula is C16H20N2O3. The predicted octanol–water partition coefficient (Wildman–Crippen LogP) is 2.46. The van der Waals surface area contributed by atoms with Crippen molar-refractivity contribution < 1.29 is 15.0 Å². The number of carboxylic acids is 1. The van der Waals surface area contributed by atoms with Crippen molar-refractivity contribution in [3.05, 3.63) is 29.6 Å². The normalized spacial score (nSPS) is 22.0. The van der Waals surface area contributed by atoms with E-state index in [1.165, 1.54) is 0 Å². The van der Waals surface area contributed by atoms with Crippen LogP contribution in [-0.4, -0.2) is 31.8 Å². The van der Waals surface area contributed by atoms with Crippen molar-refractivity contribution in [2.75, 3.05) is 0 Å². The number of aromatic carboxylic acids is 1. The number of imidazole rings is 1. The molecule has 0 spiro atoms. The van der Waals surface area contributed by atoms with Crippen LogP contribution in [0.15, 0.2) is 18.2 Å². The first kappa shape index (κ1) is 14.1. The number of benzene rings is 1. The Kier molecular flexibility index (Phi) is 3.68. The van der Waals surface area contributed by atoms with Gasteiger partial charge in [0.25, 0.3) is 0 Å². The van der Waals surface area contributed by atoms with Gasteiger partial charge < -0.3 is 14.8 Å². The fourth-order valence-electron chi connectivity index (χ4n) is 3.25. The highest BCUT2D eigenvalue weighted by Gasteiger charge is 2.24. The van der Waals surface area contributed by atoms with Gasteiger partial charge in [-0.15, -0.1) is 0 Å². The van der Waals surface area contributed by atoms with E-state index >= 15 is 0 Å². The van der Waals surface area contributed by atoms with Gasteiger partial charge in [-0.05, 0) is 43.4 Å². The summed E-state index contributed by atoms with van der Waals surface area (Å²) >= 11 is 0. The van der Waals surface area contributed by atoms with Crippen LogP contribution in [0.3, 0.4) is 0 Å². The average Bonchev–Trinajstić information content (AvgIpc) is 3.02. The number of nitrogens with zero attached hydrogens (tertiary/aromatic N) is 2. The molecule has 0 saturated heterocycles. The number of aliphatic hydroxyl groups is 1. The van der Waals surface area contributed by atoms with Crippen LogP contribution in [0.2, 0.25) is 0 Å². The molecule has 3 rings (SSSR count). The van der Waals surface area contributed by atoms with Gasteiger partial charge in [0.2, 0.25) is 0 Å². The Labute approximate surface area is 123 Å². The second kappa shape index (κ2) is 5.48. The van der Waals surface area contributed by atoms with Gasteiger partial charge >= 0.3 is 5.97 Å². The summed E-state index contributed by atoms with van der Waals surface area (Å²) in [5.41, 5.74) is 2.02. The number of aliphatic hydroxyl groups excluding tert-OH is 1. The van der Waals surface area contributed by atoms with E-state index < -0.39 is 5.97 Å². The highest BCUT2D eigenvalue weighted by molar-refractivity contribution is 5.92. The van der Waals surface area contributed by atoms with Crippen molar-refractivity contribution in [2.24, 2.45) is 5.92 Å². The summed E-state index contributed by atoms with van der Waals surface area (Å²) in [6.45, 7) is 2.86. The SMILES string of the molecule is CCc1nc2ccc(C(=O)O)cc2n1CC1CCC(O)C1. The van der Waals surface area contributed by atoms with Gasteiger partial charge in [0.15, 0.2) is 0 Å². The Balaban J connectivity index is 2.01. The van der Waals surface area contributed by atoms with Crippen LogP contribution in [0.25, 0.3) is 11.0 Å². The van der Waals surface area contributed by atoms with Gasteiger partial charge in [-0.3, -0.25) is 0 Å². The zero-order valence-corrected chi connectivity index (χ0v) is 12.1. The molecule has 0 aliphatic heterocycles. The number of aryl methyl sites for hydroxylation is 1. The first-order chi connectivity index (χ1) is 10.1. The zero-order valence-electron chi connectivity index (χ0n) is 12.1. The van der Waals surface area contributed by atoms with E-state index in [1.54, 1.807) is 18.2 Å². The summed E-state index contributed by atoms with van der Waals surface area (Å²) < 4.78 is 2.13. The van der Waals surface area contributed by atoms with E-state index in [2.05, 4.69) is 16.5 Å². The maximum atomic E-state index is 11.2. The topological polar surface area (TPSA) is 75.3 Å². The van der Waals surface area contributed by atoms with Crippen LogP contribution < -0.4 is 0 Å². The molecule has 0 radical (unpaired) electrons. The van der Waals surface area contributed by atoms with Crippen molar-refractivity contribution >= 4 is 17.0 Å². The van der Waals surface area contributed by atoms with Gasteiger partial charge in [0.1, 0.15) is 5.82 Å². The lowest BCUT2D eigenvalue weighted by Crippen LogP contribution is -2.12. The molecule has 2 N–H and O–H groups in total. The number of hydrogen-bond acceptors (Lipinski definition) is 3. The van der Waals surface area contributed by atoms with Crippen LogP contribution in [0, 0.1) is 5.92 Å². The molecule has 2 atom stereocenters. The molecule has 2 aromatic rings. The van der Waals surface area contributed by atoms with Crippen molar-refractivity contribution in [1.82, 2.24) is 9.55 Å². The lowest BCUT2D eigenvalue weighted by molar-refractivity contribution is 0.0697. The minimum atomic E-state index is -0.918. The molecule has 0 amide bonds. The Morgan fingerprint density at radius 1 is 1.43 bits per heavy atom. The number of fused-ring (bicyclic) bond motifs is 1. The molecule has 1 heterocycles. The van der Waals surface area contributed by atoms with Gasteiger partial charge in [0, 0.05) is 13.0 Å². The van der Waals surface area contributed by atoms with Gasteiger partial charge in [-0.1, -0.05) is 6.92 Å². The monoisotopic (exact) mass is 288 g/mol. The third kappa shape index (κ3) is 2.65. The van der Waals surface area contributed by atoms with E-state index in [-0.39, 0.29) is 11.7 Å². The largest absolute Gasteiger partial charge is 0.478 e. The highest BCUT2D eigenvalue weighted by Crippen LogP contribution is 2.29. The molecule has 5 heteroatoms. The Morgan fingerprint density at radius 3 is 2.86 bits per heavy atom. The number of aromatic nitrogens is 2. The summed E-state index contributed by atoms with van der Waals surface area (Å²) in [6, 6.07) is 5.08. The molecule has 1 aromatic heterocycles. The second-order valence-electron chi connectivity index (χ2n) is 5.83. The van der Waals surface area contributed by atoms with Crippen LogP contribution in [-0.2, 0) is 13.0 Å². The van der Waals surface area contributed by atoms with E-state index in [4.69, 9.17) is 5.11 Å². The Morgan fingerprint density at radius 2 is 2.24 bits per heavy atom. The lowest BCUT2D eigenvalue weighted by Gasteiger charge is -2.14. The number of carbonyl (C=O) groups is 1. The molecule has 112 valence electrons. The van der Waals surface area contributed by atoms with E-state index in [0.29, 0.717) is 5.92 Å². The Hall–Kier alpha value is -1.88. The molecule has 1 aliphatic rings. The van der Waals surface area contributed by atoms with E-state index in [0.717, 1.165) is 49.1 Å². The molecule has 0 bridgehead atoms. The summed E-state index contributed by atoms with van der Waals surface area (Å²) in [5, 5.41) is 18.8. The van der Waals surface area contributed by atoms with Crippen LogP contribution in [0.4, 0.5) is 0 Å². The number of rotatable bonds is 4. The first-order valence-corrected chi connectivity index (χ1v) is 7.49. The Bertz CT molecular complexity index is 677. The zero-order chi connectivity index (χ0) is 15.0. The predicted molar refractivity (Wildman–Crippen MR) is 79.4 cm³/mol. The van der Waals surface area contributed by atoms with Gasteiger partial charge in [0.05, 0.1) is 22.7 Å². The standard InChI is InChI=1S/C16H20N2O3/c1-2-15-17-13-6-4-11(16(20)21)8-14(13)18(15)9-10-3-5-12(19)7-10/h4,6,8,10,12,19H,2-3,5,7,9H2,1H3,(H,20,21). The first-order valence-electron chi connectivity index (χ1n) is 7.49.